The predicted molar refractivity (Wildman–Crippen MR) is 106 cm³/mol. The molecule has 1 N–H and O–H groups in total. The summed E-state index contributed by atoms with van der Waals surface area (Å²) >= 11 is 1.59. The van der Waals surface area contributed by atoms with E-state index in [9.17, 15) is 4.79 Å². The average Bonchev–Trinajstić information content (AvgIpc) is 3.06. The first kappa shape index (κ1) is 18.1. The number of benzene rings is 2. The molecule has 0 unspecified atom stereocenters. The van der Waals surface area contributed by atoms with E-state index in [-0.39, 0.29) is 12.5 Å². The van der Waals surface area contributed by atoms with Crippen LogP contribution in [0.15, 0.2) is 47.8 Å². The van der Waals surface area contributed by atoms with Crippen molar-refractivity contribution in [1.29, 1.82) is 0 Å². The van der Waals surface area contributed by atoms with Gasteiger partial charge in [-0.05, 0) is 49.6 Å². The third-order valence-corrected chi connectivity index (χ3v) is 4.88. The minimum atomic E-state index is -0.158. The van der Waals surface area contributed by atoms with Crippen LogP contribution in [0.2, 0.25) is 0 Å². The molecule has 0 saturated heterocycles. The van der Waals surface area contributed by atoms with Crippen LogP contribution < -0.4 is 10.1 Å². The molecule has 0 aliphatic rings. The summed E-state index contributed by atoms with van der Waals surface area (Å²) in [4.78, 5) is 16.6. The zero-order chi connectivity index (χ0) is 18.5. The molecule has 134 valence electrons. The molecule has 2 aromatic carbocycles. The van der Waals surface area contributed by atoms with E-state index in [1.807, 2.05) is 43.5 Å². The van der Waals surface area contributed by atoms with Crippen molar-refractivity contribution in [3.63, 3.8) is 0 Å². The number of carbonyl (C=O) groups excluding carboxylic acids is 1. The Hall–Kier alpha value is -2.66. The summed E-state index contributed by atoms with van der Waals surface area (Å²) in [6.45, 7) is 6.49. The van der Waals surface area contributed by atoms with E-state index in [1.54, 1.807) is 11.3 Å². The maximum absolute atomic E-state index is 12.0. The van der Waals surface area contributed by atoms with Gasteiger partial charge in [-0.1, -0.05) is 30.3 Å². The number of hydrogen-bond acceptors (Lipinski definition) is 4. The molecule has 0 fully saturated rings. The highest BCUT2D eigenvalue weighted by molar-refractivity contribution is 7.13. The highest BCUT2D eigenvalue weighted by Gasteiger charge is 2.09. The Balaban J connectivity index is 1.53. The number of nitrogens with one attached hydrogen (secondary N) is 1. The molecule has 0 saturated carbocycles. The van der Waals surface area contributed by atoms with Gasteiger partial charge in [-0.3, -0.25) is 4.79 Å². The molecule has 3 aromatic rings. The van der Waals surface area contributed by atoms with Crippen LogP contribution in [0.4, 0.5) is 0 Å². The van der Waals surface area contributed by atoms with Crippen LogP contribution in [0.1, 0.15) is 22.4 Å². The number of amides is 1. The van der Waals surface area contributed by atoms with Crippen molar-refractivity contribution < 1.29 is 9.53 Å². The second kappa shape index (κ2) is 8.15. The zero-order valence-corrected chi connectivity index (χ0v) is 16.0. The van der Waals surface area contributed by atoms with Gasteiger partial charge in [0.15, 0.2) is 6.61 Å². The minimum Gasteiger partial charge on any atom is -0.484 e. The Morgan fingerprint density at radius 1 is 1.12 bits per heavy atom. The monoisotopic (exact) mass is 366 g/mol. The fraction of sp³-hybridized carbons (Fsp3) is 0.238. The van der Waals surface area contributed by atoms with Crippen molar-refractivity contribution in [2.75, 3.05) is 6.61 Å². The van der Waals surface area contributed by atoms with Crippen LogP contribution >= 0.6 is 11.3 Å². The second-order valence-corrected chi connectivity index (χ2v) is 7.21. The van der Waals surface area contributed by atoms with Crippen LogP contribution in [0.5, 0.6) is 5.75 Å². The molecule has 5 heteroatoms. The smallest absolute Gasteiger partial charge is 0.258 e. The van der Waals surface area contributed by atoms with Gasteiger partial charge in [0.1, 0.15) is 10.8 Å². The Morgan fingerprint density at radius 3 is 2.58 bits per heavy atom. The summed E-state index contributed by atoms with van der Waals surface area (Å²) in [6, 6.07) is 14.1. The van der Waals surface area contributed by atoms with Crippen molar-refractivity contribution in [3.8, 4) is 16.3 Å². The van der Waals surface area contributed by atoms with Gasteiger partial charge in [0.05, 0.1) is 12.2 Å². The lowest BCUT2D eigenvalue weighted by atomic mass is 10.1. The van der Waals surface area contributed by atoms with E-state index < -0.39 is 0 Å². The summed E-state index contributed by atoms with van der Waals surface area (Å²) in [5, 5.41) is 5.81. The predicted octanol–water partition coefficient (Wildman–Crippen LogP) is 4.43. The largest absolute Gasteiger partial charge is 0.484 e. The molecule has 1 aromatic heterocycles. The van der Waals surface area contributed by atoms with Gasteiger partial charge in [-0.25, -0.2) is 4.98 Å². The van der Waals surface area contributed by atoms with Crippen LogP contribution in [0, 0.1) is 20.8 Å². The molecule has 26 heavy (non-hydrogen) atoms. The normalized spacial score (nSPS) is 10.6. The fourth-order valence-electron chi connectivity index (χ4n) is 2.73. The molecule has 0 spiro atoms. The molecule has 0 radical (unpaired) electrons. The third kappa shape index (κ3) is 4.70. The van der Waals surface area contributed by atoms with Gasteiger partial charge in [-0.2, -0.15) is 0 Å². The fourth-order valence-corrected chi connectivity index (χ4v) is 3.64. The number of aryl methyl sites for hydroxylation is 3. The molecule has 1 amide bonds. The van der Waals surface area contributed by atoms with Gasteiger partial charge in [0.25, 0.3) is 5.91 Å². The second-order valence-electron chi connectivity index (χ2n) is 6.35. The zero-order valence-electron chi connectivity index (χ0n) is 15.2. The Kier molecular flexibility index (Phi) is 5.68. The molecular formula is C21H22N2O2S. The number of nitrogens with zero attached hydrogens (tertiary/aromatic N) is 1. The molecule has 1 heterocycles. The summed E-state index contributed by atoms with van der Waals surface area (Å²) in [5.74, 6) is 0.558. The van der Waals surface area contributed by atoms with Gasteiger partial charge in [-0.15, -0.1) is 11.3 Å². The molecule has 0 aliphatic heterocycles. The van der Waals surface area contributed by atoms with Crippen LogP contribution in [0.3, 0.4) is 0 Å². The average molecular weight is 366 g/mol. The highest BCUT2D eigenvalue weighted by Crippen LogP contribution is 2.26. The maximum atomic E-state index is 12.0. The molecule has 3 rings (SSSR count). The summed E-state index contributed by atoms with van der Waals surface area (Å²) in [5.41, 5.74) is 5.42. The molecule has 0 aliphatic carbocycles. The highest BCUT2D eigenvalue weighted by atomic mass is 32.1. The first-order chi connectivity index (χ1) is 12.5. The Bertz CT molecular complexity index is 898. The lowest BCUT2D eigenvalue weighted by Crippen LogP contribution is -2.28. The van der Waals surface area contributed by atoms with E-state index in [4.69, 9.17) is 4.74 Å². The van der Waals surface area contributed by atoms with Crippen molar-refractivity contribution in [1.82, 2.24) is 10.3 Å². The van der Waals surface area contributed by atoms with Gasteiger partial charge in [0.2, 0.25) is 0 Å². The van der Waals surface area contributed by atoms with Crippen molar-refractivity contribution in [2.45, 2.75) is 27.3 Å². The quantitative estimate of drug-likeness (QED) is 0.702. The first-order valence-electron chi connectivity index (χ1n) is 8.49. The van der Waals surface area contributed by atoms with Crippen molar-refractivity contribution >= 4 is 17.2 Å². The lowest BCUT2D eigenvalue weighted by Gasteiger charge is -2.08. The Morgan fingerprint density at radius 2 is 1.85 bits per heavy atom. The number of carbonyl (C=O) groups is 1. The van der Waals surface area contributed by atoms with Crippen LogP contribution in [-0.2, 0) is 11.3 Å². The number of rotatable bonds is 6. The van der Waals surface area contributed by atoms with Crippen molar-refractivity contribution in [2.24, 2.45) is 0 Å². The Labute approximate surface area is 157 Å². The van der Waals surface area contributed by atoms with E-state index >= 15 is 0 Å². The molecule has 4 nitrogen and oxygen atoms in total. The van der Waals surface area contributed by atoms with Crippen LogP contribution in [0.25, 0.3) is 10.6 Å². The number of thiazole rings is 1. The number of ether oxygens (including phenoxy) is 1. The molecule has 0 bridgehead atoms. The summed E-state index contributed by atoms with van der Waals surface area (Å²) in [6.07, 6.45) is 0. The maximum Gasteiger partial charge on any atom is 0.258 e. The number of hydrogen-bond donors (Lipinski definition) is 1. The van der Waals surface area contributed by atoms with Crippen LogP contribution in [-0.4, -0.2) is 17.5 Å². The summed E-state index contributed by atoms with van der Waals surface area (Å²) < 4.78 is 5.58. The standard InChI is InChI=1S/C21H22N2O2S/c1-14-8-15(2)10-18(9-14)25-12-20(24)22-11-17-13-26-21(23-17)19-7-5-4-6-16(19)3/h4-10,13H,11-12H2,1-3H3,(H,22,24). The number of aromatic nitrogens is 1. The van der Waals surface area contributed by atoms with E-state index in [0.717, 1.165) is 27.4 Å². The summed E-state index contributed by atoms with van der Waals surface area (Å²) in [7, 11) is 0. The molecular weight excluding hydrogens is 344 g/mol. The van der Waals surface area contributed by atoms with E-state index in [2.05, 4.69) is 35.4 Å². The first-order valence-corrected chi connectivity index (χ1v) is 9.37. The SMILES string of the molecule is Cc1cc(C)cc(OCC(=O)NCc2csc(-c3ccccc3C)n2)c1. The van der Waals surface area contributed by atoms with Gasteiger partial charge in [0, 0.05) is 10.9 Å². The van der Waals surface area contributed by atoms with E-state index in [1.165, 1.54) is 5.56 Å². The van der Waals surface area contributed by atoms with Gasteiger partial charge >= 0.3 is 0 Å². The molecule has 0 atom stereocenters. The topological polar surface area (TPSA) is 51.2 Å². The lowest BCUT2D eigenvalue weighted by molar-refractivity contribution is -0.123. The third-order valence-electron chi connectivity index (χ3n) is 3.96. The van der Waals surface area contributed by atoms with Gasteiger partial charge < -0.3 is 10.1 Å². The van der Waals surface area contributed by atoms with E-state index in [0.29, 0.717) is 12.3 Å². The minimum absolute atomic E-state index is 0.00230. The van der Waals surface area contributed by atoms with Crippen molar-refractivity contribution in [3.05, 3.63) is 70.2 Å².